The predicted molar refractivity (Wildman–Crippen MR) is 62.4 cm³/mol. The van der Waals surface area contributed by atoms with E-state index >= 15 is 0 Å². The lowest BCUT2D eigenvalue weighted by Crippen LogP contribution is -2.10. The van der Waals surface area contributed by atoms with Crippen molar-refractivity contribution >= 4 is 15.9 Å². The van der Waals surface area contributed by atoms with Crippen molar-refractivity contribution in [1.82, 2.24) is 0 Å². The normalized spacial score (nSPS) is 15.1. The van der Waals surface area contributed by atoms with Crippen LogP contribution in [0, 0.1) is 11.7 Å². The van der Waals surface area contributed by atoms with Crippen molar-refractivity contribution < 1.29 is 4.39 Å². The standard InChI is InChI=1S/C12H16BrF/c1-3-9(2)12(8-13)10-4-6-11(14)7-5-10/h4-7,9,12H,3,8H2,1-2H3. The van der Waals surface area contributed by atoms with Gasteiger partial charge in [-0.3, -0.25) is 0 Å². The number of benzene rings is 1. The molecule has 78 valence electrons. The summed E-state index contributed by atoms with van der Waals surface area (Å²) in [5.41, 5.74) is 1.22. The minimum atomic E-state index is -0.161. The molecule has 0 radical (unpaired) electrons. The third-order valence-corrected chi connectivity index (χ3v) is 3.49. The monoisotopic (exact) mass is 258 g/mol. The zero-order valence-corrected chi connectivity index (χ0v) is 10.2. The highest BCUT2D eigenvalue weighted by Gasteiger charge is 2.16. The maximum absolute atomic E-state index is 12.7. The number of rotatable bonds is 4. The van der Waals surface area contributed by atoms with E-state index < -0.39 is 0 Å². The molecular formula is C12H16BrF. The summed E-state index contributed by atoms with van der Waals surface area (Å²) >= 11 is 3.52. The Morgan fingerprint density at radius 1 is 1.29 bits per heavy atom. The van der Waals surface area contributed by atoms with E-state index in [2.05, 4.69) is 29.8 Å². The lowest BCUT2D eigenvalue weighted by atomic mass is 9.87. The number of halogens is 2. The lowest BCUT2D eigenvalue weighted by Gasteiger charge is -2.20. The SMILES string of the molecule is CCC(C)C(CBr)c1ccc(F)cc1. The van der Waals surface area contributed by atoms with Gasteiger partial charge in [-0.15, -0.1) is 0 Å². The van der Waals surface area contributed by atoms with E-state index in [4.69, 9.17) is 0 Å². The molecule has 0 amide bonds. The summed E-state index contributed by atoms with van der Waals surface area (Å²) in [5.74, 6) is 0.951. The molecule has 0 aliphatic rings. The molecule has 0 heterocycles. The van der Waals surface area contributed by atoms with Crippen LogP contribution < -0.4 is 0 Å². The number of hydrogen-bond acceptors (Lipinski definition) is 0. The van der Waals surface area contributed by atoms with E-state index in [1.165, 1.54) is 17.7 Å². The molecule has 0 spiro atoms. The van der Waals surface area contributed by atoms with Gasteiger partial charge < -0.3 is 0 Å². The fourth-order valence-electron chi connectivity index (χ4n) is 1.56. The molecule has 1 aromatic carbocycles. The van der Waals surface area contributed by atoms with Gasteiger partial charge in [0.2, 0.25) is 0 Å². The van der Waals surface area contributed by atoms with Gasteiger partial charge in [-0.2, -0.15) is 0 Å². The van der Waals surface area contributed by atoms with Crippen LogP contribution in [0.15, 0.2) is 24.3 Å². The van der Waals surface area contributed by atoms with Crippen molar-refractivity contribution in [2.45, 2.75) is 26.2 Å². The Bertz CT molecular complexity index is 268. The van der Waals surface area contributed by atoms with Gasteiger partial charge in [-0.05, 0) is 29.5 Å². The second-order valence-corrected chi connectivity index (χ2v) is 4.35. The second kappa shape index (κ2) is 5.50. The molecule has 1 rings (SSSR count). The van der Waals surface area contributed by atoms with Crippen LogP contribution >= 0.6 is 15.9 Å². The van der Waals surface area contributed by atoms with Gasteiger partial charge in [-0.1, -0.05) is 48.3 Å². The summed E-state index contributed by atoms with van der Waals surface area (Å²) < 4.78 is 12.7. The Morgan fingerprint density at radius 3 is 2.29 bits per heavy atom. The van der Waals surface area contributed by atoms with Crippen LogP contribution in [0.1, 0.15) is 31.7 Å². The lowest BCUT2D eigenvalue weighted by molar-refractivity contribution is 0.480. The molecule has 0 aromatic heterocycles. The van der Waals surface area contributed by atoms with Crippen LogP contribution in [-0.4, -0.2) is 5.33 Å². The molecule has 0 nitrogen and oxygen atoms in total. The van der Waals surface area contributed by atoms with E-state index in [1.807, 2.05) is 12.1 Å². The third-order valence-electron chi connectivity index (χ3n) is 2.80. The highest BCUT2D eigenvalue weighted by Crippen LogP contribution is 2.28. The van der Waals surface area contributed by atoms with Gasteiger partial charge in [0.05, 0.1) is 0 Å². The predicted octanol–water partition coefficient (Wildman–Crippen LogP) is 4.35. The molecule has 0 bridgehead atoms. The first-order chi connectivity index (χ1) is 6.69. The largest absolute Gasteiger partial charge is 0.207 e. The van der Waals surface area contributed by atoms with E-state index in [1.54, 1.807) is 0 Å². The third kappa shape index (κ3) is 2.81. The fraction of sp³-hybridized carbons (Fsp3) is 0.500. The maximum Gasteiger partial charge on any atom is 0.123 e. The molecule has 0 saturated carbocycles. The van der Waals surface area contributed by atoms with Crippen molar-refractivity contribution in [3.05, 3.63) is 35.6 Å². The van der Waals surface area contributed by atoms with Gasteiger partial charge in [0.15, 0.2) is 0 Å². The molecule has 2 unspecified atom stereocenters. The molecule has 2 heteroatoms. The highest BCUT2D eigenvalue weighted by molar-refractivity contribution is 9.09. The average molecular weight is 259 g/mol. The minimum Gasteiger partial charge on any atom is -0.207 e. The van der Waals surface area contributed by atoms with E-state index in [0.717, 1.165) is 11.8 Å². The highest BCUT2D eigenvalue weighted by atomic mass is 79.9. The van der Waals surface area contributed by atoms with Crippen molar-refractivity contribution in [2.75, 3.05) is 5.33 Å². The summed E-state index contributed by atoms with van der Waals surface area (Å²) in [5, 5.41) is 0.938. The van der Waals surface area contributed by atoms with E-state index in [0.29, 0.717) is 11.8 Å². The van der Waals surface area contributed by atoms with Crippen LogP contribution in [-0.2, 0) is 0 Å². The van der Waals surface area contributed by atoms with Gasteiger partial charge in [-0.25, -0.2) is 4.39 Å². The second-order valence-electron chi connectivity index (χ2n) is 3.70. The van der Waals surface area contributed by atoms with Crippen molar-refractivity contribution in [2.24, 2.45) is 5.92 Å². The van der Waals surface area contributed by atoms with Crippen molar-refractivity contribution in [1.29, 1.82) is 0 Å². The Morgan fingerprint density at radius 2 is 1.86 bits per heavy atom. The molecule has 1 aromatic rings. The Hall–Kier alpha value is -0.370. The molecule has 0 fully saturated rings. The average Bonchev–Trinajstić information content (AvgIpc) is 2.21. The molecule has 0 aliphatic carbocycles. The molecule has 14 heavy (non-hydrogen) atoms. The minimum absolute atomic E-state index is 0.161. The van der Waals surface area contributed by atoms with Crippen molar-refractivity contribution in [3.63, 3.8) is 0 Å². The van der Waals surface area contributed by atoms with E-state index in [9.17, 15) is 4.39 Å². The fourth-order valence-corrected chi connectivity index (χ4v) is 2.58. The Kier molecular flexibility index (Phi) is 4.59. The topological polar surface area (TPSA) is 0 Å². The first-order valence-electron chi connectivity index (χ1n) is 5.00. The van der Waals surface area contributed by atoms with Crippen molar-refractivity contribution in [3.8, 4) is 0 Å². The smallest absolute Gasteiger partial charge is 0.123 e. The van der Waals surface area contributed by atoms with Gasteiger partial charge >= 0.3 is 0 Å². The van der Waals surface area contributed by atoms with Gasteiger partial charge in [0.25, 0.3) is 0 Å². The zero-order chi connectivity index (χ0) is 10.6. The first-order valence-corrected chi connectivity index (χ1v) is 6.12. The van der Waals surface area contributed by atoms with Crippen LogP contribution in [0.25, 0.3) is 0 Å². The molecule has 0 N–H and O–H groups in total. The summed E-state index contributed by atoms with van der Waals surface area (Å²) in [7, 11) is 0. The maximum atomic E-state index is 12.7. The summed E-state index contributed by atoms with van der Waals surface area (Å²) in [4.78, 5) is 0. The number of alkyl halides is 1. The molecule has 0 aliphatic heterocycles. The molecular weight excluding hydrogens is 243 g/mol. The number of hydrogen-bond donors (Lipinski definition) is 0. The quantitative estimate of drug-likeness (QED) is 0.705. The summed E-state index contributed by atoms with van der Waals surface area (Å²) in [6, 6.07) is 6.83. The van der Waals surface area contributed by atoms with Crippen LogP contribution in [0.3, 0.4) is 0 Å². The molecule has 2 atom stereocenters. The Labute approximate surface area is 93.7 Å². The zero-order valence-electron chi connectivity index (χ0n) is 8.63. The van der Waals surface area contributed by atoms with E-state index in [-0.39, 0.29) is 5.82 Å². The molecule has 0 saturated heterocycles. The van der Waals surface area contributed by atoms with Gasteiger partial charge in [0, 0.05) is 5.33 Å². The first kappa shape index (κ1) is 11.7. The van der Waals surface area contributed by atoms with Gasteiger partial charge in [0.1, 0.15) is 5.82 Å². The van der Waals surface area contributed by atoms with Crippen LogP contribution in [0.2, 0.25) is 0 Å². The summed E-state index contributed by atoms with van der Waals surface area (Å²) in [6.45, 7) is 4.42. The summed E-state index contributed by atoms with van der Waals surface area (Å²) in [6.07, 6.45) is 1.15. The van der Waals surface area contributed by atoms with Crippen LogP contribution in [0.5, 0.6) is 0 Å². The Balaban J connectivity index is 2.84. The van der Waals surface area contributed by atoms with Crippen LogP contribution in [0.4, 0.5) is 4.39 Å².